The van der Waals surface area contributed by atoms with Crippen molar-refractivity contribution < 1.29 is 28.6 Å². The van der Waals surface area contributed by atoms with E-state index in [2.05, 4.69) is 5.32 Å². The molecule has 0 bridgehead atoms. The average Bonchev–Trinajstić information content (AvgIpc) is 2.75. The number of hydrogen-bond donors (Lipinski definition) is 1. The van der Waals surface area contributed by atoms with Crippen molar-refractivity contribution in [1.82, 2.24) is 5.32 Å². The van der Waals surface area contributed by atoms with E-state index in [1.807, 2.05) is 32.0 Å². The maximum atomic E-state index is 12.7. The SMILES string of the molecule is COCCNC(=O)CN1C(=O)COc2ccc(C(=O)COc3ccc(C)cc3C)cc21. The zero-order chi connectivity index (χ0) is 22.4. The number of methoxy groups -OCH3 is 1. The lowest BCUT2D eigenvalue weighted by Gasteiger charge is -2.29. The average molecular weight is 426 g/mol. The molecule has 0 fully saturated rings. The fourth-order valence-electron chi connectivity index (χ4n) is 3.23. The summed E-state index contributed by atoms with van der Waals surface area (Å²) in [5.41, 5.74) is 2.81. The van der Waals surface area contributed by atoms with Crippen LogP contribution in [0.25, 0.3) is 0 Å². The highest BCUT2D eigenvalue weighted by molar-refractivity contribution is 6.04. The van der Waals surface area contributed by atoms with Gasteiger partial charge in [0.05, 0.1) is 12.3 Å². The maximum absolute atomic E-state index is 12.7. The molecule has 0 aromatic heterocycles. The van der Waals surface area contributed by atoms with Crippen molar-refractivity contribution in [3.63, 3.8) is 0 Å². The third-order valence-electron chi connectivity index (χ3n) is 4.84. The number of nitrogens with zero attached hydrogens (tertiary/aromatic N) is 1. The Bertz CT molecular complexity index is 988. The Morgan fingerprint density at radius 3 is 2.71 bits per heavy atom. The minimum absolute atomic E-state index is 0.144. The number of carbonyl (C=O) groups excluding carboxylic acids is 3. The standard InChI is InChI=1S/C23H26N2O6/c1-15-4-6-20(16(2)10-15)30-13-19(26)17-5-7-21-18(11-17)25(23(28)14-31-21)12-22(27)24-8-9-29-3/h4-7,10-11H,8-9,12-14H2,1-3H3,(H,24,27). The normalized spacial score (nSPS) is 12.7. The molecule has 0 radical (unpaired) electrons. The summed E-state index contributed by atoms with van der Waals surface area (Å²) < 4.78 is 16.0. The number of nitrogens with one attached hydrogen (secondary N) is 1. The molecule has 1 aliphatic rings. The first kappa shape index (κ1) is 22.3. The lowest BCUT2D eigenvalue weighted by Crippen LogP contribution is -2.45. The van der Waals surface area contributed by atoms with Crippen LogP contribution < -0.4 is 19.7 Å². The van der Waals surface area contributed by atoms with E-state index in [1.165, 1.54) is 12.0 Å². The first-order valence-electron chi connectivity index (χ1n) is 9.95. The van der Waals surface area contributed by atoms with E-state index in [9.17, 15) is 14.4 Å². The van der Waals surface area contributed by atoms with Gasteiger partial charge in [-0.1, -0.05) is 17.7 Å². The van der Waals surface area contributed by atoms with Crippen molar-refractivity contribution in [1.29, 1.82) is 0 Å². The first-order valence-corrected chi connectivity index (χ1v) is 9.95. The molecule has 1 aliphatic heterocycles. The topological polar surface area (TPSA) is 94.2 Å². The summed E-state index contributed by atoms with van der Waals surface area (Å²) in [5, 5.41) is 2.68. The molecule has 1 N–H and O–H groups in total. The van der Waals surface area contributed by atoms with E-state index in [-0.39, 0.29) is 37.4 Å². The van der Waals surface area contributed by atoms with Crippen molar-refractivity contribution in [3.8, 4) is 11.5 Å². The van der Waals surface area contributed by atoms with Crippen molar-refractivity contribution in [2.24, 2.45) is 0 Å². The van der Waals surface area contributed by atoms with Crippen LogP contribution in [0.2, 0.25) is 0 Å². The largest absolute Gasteiger partial charge is 0.485 e. The first-order chi connectivity index (χ1) is 14.9. The van der Waals surface area contributed by atoms with Gasteiger partial charge in [-0.05, 0) is 43.7 Å². The van der Waals surface area contributed by atoms with E-state index < -0.39 is 0 Å². The molecule has 0 saturated heterocycles. The van der Waals surface area contributed by atoms with E-state index >= 15 is 0 Å². The van der Waals surface area contributed by atoms with E-state index in [0.717, 1.165) is 11.1 Å². The molecule has 0 atom stereocenters. The molecular formula is C23H26N2O6. The van der Waals surface area contributed by atoms with Gasteiger partial charge in [-0.2, -0.15) is 0 Å². The molecular weight excluding hydrogens is 400 g/mol. The van der Waals surface area contributed by atoms with Gasteiger partial charge >= 0.3 is 0 Å². The van der Waals surface area contributed by atoms with Gasteiger partial charge in [-0.3, -0.25) is 19.3 Å². The van der Waals surface area contributed by atoms with Crippen molar-refractivity contribution in [2.75, 3.05) is 44.9 Å². The van der Waals surface area contributed by atoms with E-state index in [1.54, 1.807) is 18.2 Å². The van der Waals surface area contributed by atoms with Gasteiger partial charge in [0.2, 0.25) is 5.91 Å². The third-order valence-corrected chi connectivity index (χ3v) is 4.84. The van der Waals surface area contributed by atoms with Crippen LogP contribution in [0.1, 0.15) is 21.5 Å². The summed E-state index contributed by atoms with van der Waals surface area (Å²) >= 11 is 0. The molecule has 31 heavy (non-hydrogen) atoms. The van der Waals surface area contributed by atoms with Crippen LogP contribution in [-0.4, -0.2) is 57.6 Å². The molecule has 3 rings (SSSR count). The van der Waals surface area contributed by atoms with Gasteiger partial charge in [0, 0.05) is 19.2 Å². The molecule has 8 heteroatoms. The van der Waals surface area contributed by atoms with Gasteiger partial charge in [0.15, 0.2) is 19.0 Å². The molecule has 8 nitrogen and oxygen atoms in total. The van der Waals surface area contributed by atoms with Crippen LogP contribution in [0.3, 0.4) is 0 Å². The van der Waals surface area contributed by atoms with Crippen LogP contribution in [0.5, 0.6) is 11.5 Å². The minimum atomic E-state index is -0.356. The Balaban J connectivity index is 1.72. The highest BCUT2D eigenvalue weighted by Crippen LogP contribution is 2.33. The van der Waals surface area contributed by atoms with Gasteiger partial charge in [-0.25, -0.2) is 0 Å². The molecule has 1 heterocycles. The fourth-order valence-corrected chi connectivity index (χ4v) is 3.23. The van der Waals surface area contributed by atoms with Gasteiger partial charge in [-0.15, -0.1) is 0 Å². The van der Waals surface area contributed by atoms with Gasteiger partial charge in [0.1, 0.15) is 18.0 Å². The Labute approximate surface area is 181 Å². The maximum Gasteiger partial charge on any atom is 0.265 e. The highest BCUT2D eigenvalue weighted by Gasteiger charge is 2.28. The van der Waals surface area contributed by atoms with Crippen LogP contribution in [0.4, 0.5) is 5.69 Å². The lowest BCUT2D eigenvalue weighted by atomic mass is 10.1. The monoisotopic (exact) mass is 426 g/mol. The number of rotatable bonds is 9. The van der Waals surface area contributed by atoms with Gasteiger partial charge < -0.3 is 19.5 Å². The summed E-state index contributed by atoms with van der Waals surface area (Å²) in [6.45, 7) is 4.14. The predicted octanol–water partition coefficient (Wildman–Crippen LogP) is 2.05. The van der Waals surface area contributed by atoms with Gasteiger partial charge in [0.25, 0.3) is 5.91 Å². The minimum Gasteiger partial charge on any atom is -0.485 e. The quantitative estimate of drug-likeness (QED) is 0.487. The number of anilines is 1. The second kappa shape index (κ2) is 10.1. The molecule has 2 aromatic rings. The van der Waals surface area contributed by atoms with Crippen molar-refractivity contribution >= 4 is 23.3 Å². The second-order valence-corrected chi connectivity index (χ2v) is 7.27. The Kier molecular flexibility index (Phi) is 7.25. The third kappa shape index (κ3) is 5.61. The zero-order valence-corrected chi connectivity index (χ0v) is 17.9. The summed E-state index contributed by atoms with van der Waals surface area (Å²) in [5.74, 6) is 0.157. The van der Waals surface area contributed by atoms with Crippen molar-refractivity contribution in [2.45, 2.75) is 13.8 Å². The van der Waals surface area contributed by atoms with Crippen LogP contribution in [0.15, 0.2) is 36.4 Å². The Hall–Kier alpha value is -3.39. The van der Waals surface area contributed by atoms with Crippen molar-refractivity contribution in [3.05, 3.63) is 53.1 Å². The molecule has 0 spiro atoms. The Morgan fingerprint density at radius 1 is 1.16 bits per heavy atom. The number of carbonyl (C=O) groups is 3. The molecule has 0 saturated carbocycles. The summed E-state index contributed by atoms with van der Waals surface area (Å²) in [4.78, 5) is 38.6. The lowest BCUT2D eigenvalue weighted by molar-refractivity contribution is -0.125. The molecule has 2 aromatic carbocycles. The molecule has 2 amide bonds. The summed E-state index contributed by atoms with van der Waals surface area (Å²) in [7, 11) is 1.54. The number of Topliss-reactive ketones (excluding diaryl/α,β-unsaturated/α-hetero) is 1. The number of aryl methyl sites for hydroxylation is 2. The molecule has 164 valence electrons. The number of hydrogen-bond acceptors (Lipinski definition) is 6. The number of ketones is 1. The number of benzene rings is 2. The second-order valence-electron chi connectivity index (χ2n) is 7.27. The highest BCUT2D eigenvalue weighted by atomic mass is 16.5. The number of ether oxygens (including phenoxy) is 3. The predicted molar refractivity (Wildman–Crippen MR) is 115 cm³/mol. The van der Waals surface area contributed by atoms with E-state index in [0.29, 0.717) is 35.9 Å². The van der Waals surface area contributed by atoms with E-state index in [4.69, 9.17) is 14.2 Å². The smallest absolute Gasteiger partial charge is 0.265 e. The molecule has 0 aliphatic carbocycles. The Morgan fingerprint density at radius 2 is 1.97 bits per heavy atom. The molecule has 0 unspecified atom stereocenters. The van der Waals surface area contributed by atoms with Crippen LogP contribution in [0, 0.1) is 13.8 Å². The summed E-state index contributed by atoms with van der Waals surface area (Å²) in [6.07, 6.45) is 0. The van der Waals surface area contributed by atoms with Crippen LogP contribution >= 0.6 is 0 Å². The number of fused-ring (bicyclic) bond motifs is 1. The fraction of sp³-hybridized carbons (Fsp3) is 0.348. The van der Waals surface area contributed by atoms with Crippen LogP contribution in [-0.2, 0) is 14.3 Å². The zero-order valence-electron chi connectivity index (χ0n) is 17.9. The summed E-state index contributed by atoms with van der Waals surface area (Å²) in [6, 6.07) is 10.5. The number of amides is 2.